The Labute approximate surface area is 224 Å². The van der Waals surface area contributed by atoms with Gasteiger partial charge in [-0.3, -0.25) is 4.90 Å². The highest BCUT2D eigenvalue weighted by atomic mass is 16.6. The quantitative estimate of drug-likeness (QED) is 0.439. The van der Waals surface area contributed by atoms with E-state index >= 15 is 0 Å². The molecule has 1 heterocycles. The van der Waals surface area contributed by atoms with E-state index in [1.54, 1.807) is 13.4 Å². The molecular formula is C30H52N2O5. The highest BCUT2D eigenvalue weighted by molar-refractivity contribution is 5.67. The minimum atomic E-state index is -0.685. The Kier molecular flexibility index (Phi) is 9.17. The van der Waals surface area contributed by atoms with Crippen molar-refractivity contribution in [2.75, 3.05) is 46.5 Å². The minimum absolute atomic E-state index is 0.00358. The van der Waals surface area contributed by atoms with Gasteiger partial charge < -0.3 is 24.6 Å². The van der Waals surface area contributed by atoms with Gasteiger partial charge in [-0.25, -0.2) is 4.79 Å². The lowest BCUT2D eigenvalue weighted by molar-refractivity contribution is -0.225. The van der Waals surface area contributed by atoms with Crippen molar-refractivity contribution in [2.45, 2.75) is 90.8 Å². The van der Waals surface area contributed by atoms with E-state index in [9.17, 15) is 9.90 Å². The Balaban J connectivity index is 1.35. The third-order valence-electron chi connectivity index (χ3n) is 11.3. The van der Waals surface area contributed by atoms with Crippen LogP contribution < -0.4 is 5.32 Å². The summed E-state index contributed by atoms with van der Waals surface area (Å²) in [4.78, 5) is 14.8. The first-order valence-corrected chi connectivity index (χ1v) is 14.8. The van der Waals surface area contributed by atoms with Crippen molar-refractivity contribution in [3.8, 4) is 0 Å². The SMILES string of the molecule is CC[C@]1(O)[C@@H]2CC[C@@H]3C[C@@H](OC(=O)NCCN4CCOCC4)CC[C@]3(C)[C@H]2CC[C@]1(C)[C@H](C)/C=C/OC. The van der Waals surface area contributed by atoms with Gasteiger partial charge in [0.1, 0.15) is 6.10 Å². The molecule has 7 heteroatoms. The van der Waals surface area contributed by atoms with Gasteiger partial charge in [0.25, 0.3) is 0 Å². The second-order valence-corrected chi connectivity index (χ2v) is 12.8. The molecule has 4 rings (SSSR count). The van der Waals surface area contributed by atoms with Crippen LogP contribution in [-0.2, 0) is 14.2 Å². The highest BCUT2D eigenvalue weighted by Gasteiger charge is 2.63. The molecule has 0 unspecified atom stereocenters. The number of ether oxygens (including phenoxy) is 3. The van der Waals surface area contributed by atoms with Gasteiger partial charge >= 0.3 is 6.09 Å². The summed E-state index contributed by atoms with van der Waals surface area (Å²) in [5, 5.41) is 15.3. The lowest BCUT2D eigenvalue weighted by atomic mass is 9.41. The van der Waals surface area contributed by atoms with E-state index in [1.807, 2.05) is 0 Å². The highest BCUT2D eigenvalue weighted by Crippen LogP contribution is 2.66. The molecule has 8 atom stereocenters. The van der Waals surface area contributed by atoms with E-state index in [0.29, 0.717) is 24.3 Å². The number of amides is 1. The van der Waals surface area contributed by atoms with Crippen molar-refractivity contribution < 1.29 is 24.1 Å². The zero-order valence-corrected chi connectivity index (χ0v) is 24.0. The number of fused-ring (bicyclic) bond motifs is 3. The number of allylic oxidation sites excluding steroid dienone is 1. The summed E-state index contributed by atoms with van der Waals surface area (Å²) >= 11 is 0. The number of carbonyl (C=O) groups is 1. The number of carbonyl (C=O) groups excluding carboxylic acids is 1. The van der Waals surface area contributed by atoms with Crippen molar-refractivity contribution in [1.82, 2.24) is 10.2 Å². The second-order valence-electron chi connectivity index (χ2n) is 12.8. The zero-order chi connectivity index (χ0) is 26.7. The zero-order valence-electron chi connectivity index (χ0n) is 24.0. The Bertz CT molecular complexity index is 801. The molecule has 212 valence electrons. The first kappa shape index (κ1) is 28.7. The van der Waals surface area contributed by atoms with Crippen LogP contribution in [0, 0.1) is 34.5 Å². The molecule has 0 radical (unpaired) electrons. The monoisotopic (exact) mass is 520 g/mol. The summed E-state index contributed by atoms with van der Waals surface area (Å²) in [7, 11) is 1.69. The van der Waals surface area contributed by atoms with Gasteiger partial charge in [0.2, 0.25) is 0 Å². The summed E-state index contributed by atoms with van der Waals surface area (Å²) in [6, 6.07) is 0. The van der Waals surface area contributed by atoms with Crippen LogP contribution >= 0.6 is 0 Å². The molecule has 4 fully saturated rings. The number of morpholine rings is 1. The van der Waals surface area contributed by atoms with Crippen molar-refractivity contribution in [3.63, 3.8) is 0 Å². The van der Waals surface area contributed by atoms with Crippen molar-refractivity contribution in [2.24, 2.45) is 34.5 Å². The fourth-order valence-electron chi connectivity index (χ4n) is 8.69. The van der Waals surface area contributed by atoms with E-state index in [4.69, 9.17) is 14.2 Å². The average Bonchev–Trinajstić information content (AvgIpc) is 2.90. The maximum atomic E-state index is 12.5. The third kappa shape index (κ3) is 5.56. The van der Waals surface area contributed by atoms with Gasteiger partial charge in [-0.05, 0) is 86.5 Å². The van der Waals surface area contributed by atoms with Crippen LogP contribution in [-0.4, -0.2) is 74.3 Å². The average molecular weight is 521 g/mol. The molecule has 0 spiro atoms. The molecular weight excluding hydrogens is 468 g/mol. The van der Waals surface area contributed by atoms with Crippen molar-refractivity contribution in [3.05, 3.63) is 12.3 Å². The first-order valence-electron chi connectivity index (χ1n) is 14.8. The van der Waals surface area contributed by atoms with E-state index in [1.165, 1.54) is 0 Å². The molecule has 0 aromatic carbocycles. The molecule has 3 aliphatic carbocycles. The molecule has 0 aromatic heterocycles. The summed E-state index contributed by atoms with van der Waals surface area (Å²) in [6.07, 6.45) is 11.7. The Morgan fingerprint density at radius 2 is 1.92 bits per heavy atom. The van der Waals surface area contributed by atoms with Gasteiger partial charge in [-0.2, -0.15) is 0 Å². The fourth-order valence-corrected chi connectivity index (χ4v) is 8.69. The van der Waals surface area contributed by atoms with E-state index in [2.05, 4.69) is 44.0 Å². The summed E-state index contributed by atoms with van der Waals surface area (Å²) < 4.78 is 16.5. The molecule has 1 saturated heterocycles. The lowest BCUT2D eigenvalue weighted by Gasteiger charge is -2.65. The maximum Gasteiger partial charge on any atom is 0.407 e. The van der Waals surface area contributed by atoms with Gasteiger partial charge in [0, 0.05) is 31.6 Å². The molecule has 2 N–H and O–H groups in total. The van der Waals surface area contributed by atoms with Crippen LogP contribution in [0.5, 0.6) is 0 Å². The number of hydrogen-bond acceptors (Lipinski definition) is 6. The lowest BCUT2D eigenvalue weighted by Crippen LogP contribution is -2.64. The summed E-state index contributed by atoms with van der Waals surface area (Å²) in [5.74, 6) is 1.63. The van der Waals surface area contributed by atoms with Crippen molar-refractivity contribution >= 4 is 6.09 Å². The Hall–Kier alpha value is -1.31. The number of nitrogens with zero attached hydrogens (tertiary/aromatic N) is 1. The van der Waals surface area contributed by atoms with Crippen LogP contribution in [0.1, 0.15) is 79.1 Å². The van der Waals surface area contributed by atoms with Crippen LogP contribution in [0.25, 0.3) is 0 Å². The number of nitrogens with one attached hydrogen (secondary N) is 1. The fraction of sp³-hybridized carbons (Fsp3) is 0.900. The number of alkyl carbamates (subject to hydrolysis) is 1. The topological polar surface area (TPSA) is 80.3 Å². The number of rotatable bonds is 8. The molecule has 7 nitrogen and oxygen atoms in total. The largest absolute Gasteiger partial charge is 0.505 e. The van der Waals surface area contributed by atoms with E-state index in [0.717, 1.165) is 84.2 Å². The smallest absolute Gasteiger partial charge is 0.407 e. The normalized spacial score (nSPS) is 41.5. The maximum absolute atomic E-state index is 12.5. The van der Waals surface area contributed by atoms with Crippen molar-refractivity contribution in [1.29, 1.82) is 0 Å². The summed E-state index contributed by atoms with van der Waals surface area (Å²) in [6.45, 7) is 14.0. The molecule has 3 saturated carbocycles. The molecule has 4 aliphatic rings. The van der Waals surface area contributed by atoms with Crippen LogP contribution in [0.2, 0.25) is 0 Å². The van der Waals surface area contributed by atoms with Gasteiger partial charge in [0.15, 0.2) is 0 Å². The molecule has 37 heavy (non-hydrogen) atoms. The molecule has 1 amide bonds. The predicted molar refractivity (Wildman–Crippen MR) is 145 cm³/mol. The number of aliphatic hydroxyl groups is 1. The Morgan fingerprint density at radius 3 is 2.62 bits per heavy atom. The standard InChI is InChI=1S/C30H52N2O5/c1-6-30(34)26-8-7-23-21-24(37-27(33)31-14-15-32-16-19-36-20-17-32)9-12-28(23,3)25(26)10-13-29(30,4)22(2)11-18-35-5/h11,18,22-26,34H,6-10,12-17,19-21H2,1-5H3,(H,31,33)/b18-11+/t22-,23-,24+,25+,26-,28+,29-,30+/m1/s1. The van der Waals surface area contributed by atoms with Crippen LogP contribution in [0.4, 0.5) is 4.79 Å². The molecule has 0 aromatic rings. The van der Waals surface area contributed by atoms with Gasteiger partial charge in [0.05, 0.1) is 32.2 Å². The third-order valence-corrected chi connectivity index (χ3v) is 11.3. The van der Waals surface area contributed by atoms with E-state index in [-0.39, 0.29) is 28.9 Å². The van der Waals surface area contributed by atoms with Gasteiger partial charge in [-0.15, -0.1) is 0 Å². The summed E-state index contributed by atoms with van der Waals surface area (Å²) in [5.41, 5.74) is -0.651. The number of hydrogen-bond donors (Lipinski definition) is 2. The van der Waals surface area contributed by atoms with E-state index < -0.39 is 5.60 Å². The Morgan fingerprint density at radius 1 is 1.16 bits per heavy atom. The molecule has 0 bridgehead atoms. The number of methoxy groups -OCH3 is 1. The second kappa shape index (κ2) is 11.8. The van der Waals surface area contributed by atoms with Crippen LogP contribution in [0.15, 0.2) is 12.3 Å². The minimum Gasteiger partial charge on any atom is -0.505 e. The predicted octanol–water partition coefficient (Wildman–Crippen LogP) is 4.98. The van der Waals surface area contributed by atoms with Gasteiger partial charge in [-0.1, -0.05) is 27.7 Å². The molecule has 1 aliphatic heterocycles. The van der Waals surface area contributed by atoms with Crippen LogP contribution in [0.3, 0.4) is 0 Å². The first-order chi connectivity index (χ1) is 17.7.